The van der Waals surface area contributed by atoms with E-state index in [9.17, 15) is 4.79 Å². The van der Waals surface area contributed by atoms with E-state index in [4.69, 9.17) is 18.9 Å². The number of carbonyl (C=O) groups is 1. The fraction of sp³-hybridized carbons (Fsp3) is 0.200. The van der Waals surface area contributed by atoms with Crippen LogP contribution in [0.15, 0.2) is 66.2 Å². The second kappa shape index (κ2) is 10.3. The highest BCUT2D eigenvalue weighted by molar-refractivity contribution is 7.13. The Labute approximate surface area is 195 Å². The molecule has 0 aliphatic carbocycles. The average Bonchev–Trinajstić information content (AvgIpc) is 3.51. The van der Waals surface area contributed by atoms with E-state index in [-0.39, 0.29) is 6.10 Å². The van der Waals surface area contributed by atoms with Crippen molar-refractivity contribution in [3.05, 3.63) is 71.7 Å². The minimum atomic E-state index is -0.394. The molecule has 1 atom stereocenters. The quantitative estimate of drug-likeness (QED) is 0.315. The van der Waals surface area contributed by atoms with Crippen LogP contribution in [0.3, 0.4) is 0 Å². The SMILES string of the molecule is COCC(C)Oc1cc(Oc2ccc(C(=O)OC)cc2)cc(-c2ccc(-c3nccs3)[nH]2)c1. The van der Waals surface area contributed by atoms with Gasteiger partial charge in [-0.2, -0.15) is 0 Å². The first-order chi connectivity index (χ1) is 16.1. The van der Waals surface area contributed by atoms with Crippen molar-refractivity contribution in [3.8, 4) is 39.2 Å². The van der Waals surface area contributed by atoms with Crippen LogP contribution in [0.25, 0.3) is 22.0 Å². The summed E-state index contributed by atoms with van der Waals surface area (Å²) in [4.78, 5) is 19.5. The molecule has 0 aliphatic heterocycles. The number of ether oxygens (including phenoxy) is 4. The van der Waals surface area contributed by atoms with Crippen LogP contribution in [-0.2, 0) is 9.47 Å². The van der Waals surface area contributed by atoms with E-state index in [2.05, 4.69) is 9.97 Å². The zero-order chi connectivity index (χ0) is 23.2. The first-order valence-electron chi connectivity index (χ1n) is 10.3. The number of rotatable bonds is 9. The molecule has 0 fully saturated rings. The summed E-state index contributed by atoms with van der Waals surface area (Å²) in [5.41, 5.74) is 3.22. The fourth-order valence-corrected chi connectivity index (χ4v) is 3.93. The van der Waals surface area contributed by atoms with Crippen molar-refractivity contribution in [1.82, 2.24) is 9.97 Å². The molecule has 33 heavy (non-hydrogen) atoms. The monoisotopic (exact) mass is 464 g/mol. The lowest BCUT2D eigenvalue weighted by molar-refractivity contribution is 0.0600. The Morgan fingerprint density at radius 3 is 2.45 bits per heavy atom. The largest absolute Gasteiger partial charge is 0.488 e. The van der Waals surface area contributed by atoms with Crippen molar-refractivity contribution in [3.63, 3.8) is 0 Å². The number of hydrogen-bond acceptors (Lipinski definition) is 7. The molecule has 0 bridgehead atoms. The summed E-state index contributed by atoms with van der Waals surface area (Å²) in [5, 5.41) is 2.86. The number of esters is 1. The van der Waals surface area contributed by atoms with Gasteiger partial charge in [0.25, 0.3) is 0 Å². The molecule has 7 nitrogen and oxygen atoms in total. The Bertz CT molecular complexity index is 1200. The molecule has 1 unspecified atom stereocenters. The first kappa shape index (κ1) is 22.6. The molecule has 0 saturated carbocycles. The van der Waals surface area contributed by atoms with Crippen LogP contribution >= 0.6 is 11.3 Å². The number of aromatic amines is 1. The van der Waals surface area contributed by atoms with Crippen LogP contribution in [0.4, 0.5) is 0 Å². The molecule has 0 spiro atoms. The topological polar surface area (TPSA) is 82.7 Å². The number of hydrogen-bond donors (Lipinski definition) is 1. The van der Waals surface area contributed by atoms with Gasteiger partial charge in [-0.15, -0.1) is 11.3 Å². The van der Waals surface area contributed by atoms with Gasteiger partial charge in [0.15, 0.2) is 0 Å². The minimum Gasteiger partial charge on any atom is -0.488 e. The number of carbonyl (C=O) groups excluding carboxylic acids is 1. The Balaban J connectivity index is 1.64. The standard InChI is InChI=1S/C25H24N2O5S/c1-16(15-29-2)31-20-12-18(22-8-9-23(27-22)24-26-10-11-33-24)13-21(14-20)32-19-6-4-17(5-7-19)25(28)30-3/h4-14,16,27H,15H2,1-3H3. The van der Waals surface area contributed by atoms with E-state index in [1.54, 1.807) is 48.9 Å². The molecule has 4 aromatic rings. The maximum atomic E-state index is 11.7. The van der Waals surface area contributed by atoms with Crippen LogP contribution < -0.4 is 9.47 Å². The summed E-state index contributed by atoms with van der Waals surface area (Å²) >= 11 is 1.57. The van der Waals surface area contributed by atoms with E-state index >= 15 is 0 Å². The Morgan fingerprint density at radius 2 is 1.76 bits per heavy atom. The lowest BCUT2D eigenvalue weighted by Gasteiger charge is -2.16. The van der Waals surface area contributed by atoms with Crippen molar-refractivity contribution in [2.24, 2.45) is 0 Å². The van der Waals surface area contributed by atoms with Crippen molar-refractivity contribution in [1.29, 1.82) is 0 Å². The normalized spacial score (nSPS) is 11.7. The summed E-state index contributed by atoms with van der Waals surface area (Å²) in [6.45, 7) is 2.41. The number of nitrogens with zero attached hydrogens (tertiary/aromatic N) is 1. The number of methoxy groups -OCH3 is 2. The predicted octanol–water partition coefficient (Wildman–Crippen LogP) is 5.80. The second-order valence-electron chi connectivity index (χ2n) is 7.32. The van der Waals surface area contributed by atoms with Crippen molar-refractivity contribution < 1.29 is 23.7 Å². The summed E-state index contributed by atoms with van der Waals surface area (Å²) < 4.78 is 22.1. The fourth-order valence-electron chi connectivity index (χ4n) is 3.31. The van der Waals surface area contributed by atoms with Crippen LogP contribution in [0.1, 0.15) is 17.3 Å². The lowest BCUT2D eigenvalue weighted by Crippen LogP contribution is -2.17. The van der Waals surface area contributed by atoms with E-state index in [0.29, 0.717) is 29.4 Å². The summed E-state index contributed by atoms with van der Waals surface area (Å²) in [7, 11) is 2.99. The highest BCUT2D eigenvalue weighted by Gasteiger charge is 2.12. The van der Waals surface area contributed by atoms with Gasteiger partial charge in [-0.1, -0.05) is 0 Å². The van der Waals surface area contributed by atoms with Crippen LogP contribution in [0.5, 0.6) is 17.2 Å². The van der Waals surface area contributed by atoms with Gasteiger partial charge in [-0.05, 0) is 55.5 Å². The molecule has 4 rings (SSSR count). The summed E-state index contributed by atoms with van der Waals surface area (Å²) in [6, 6.07) is 16.5. The zero-order valence-electron chi connectivity index (χ0n) is 18.5. The van der Waals surface area contributed by atoms with Gasteiger partial charge in [0.05, 0.1) is 25.0 Å². The molecule has 2 heterocycles. The molecule has 170 valence electrons. The van der Waals surface area contributed by atoms with Gasteiger partial charge < -0.3 is 23.9 Å². The predicted molar refractivity (Wildman–Crippen MR) is 127 cm³/mol. The maximum absolute atomic E-state index is 11.7. The highest BCUT2D eigenvalue weighted by Crippen LogP contribution is 2.34. The second-order valence-corrected chi connectivity index (χ2v) is 8.21. The number of nitrogens with one attached hydrogen (secondary N) is 1. The van der Waals surface area contributed by atoms with Crippen LogP contribution in [-0.4, -0.2) is 42.9 Å². The number of aromatic nitrogens is 2. The summed E-state index contributed by atoms with van der Waals surface area (Å²) in [6.07, 6.45) is 1.65. The third-order valence-electron chi connectivity index (χ3n) is 4.79. The molecule has 1 N–H and O–H groups in total. The van der Waals surface area contributed by atoms with E-state index in [1.165, 1.54) is 7.11 Å². The first-order valence-corrected chi connectivity index (χ1v) is 11.2. The molecule has 0 amide bonds. The van der Waals surface area contributed by atoms with Crippen LogP contribution in [0.2, 0.25) is 0 Å². The molecule has 0 saturated heterocycles. The maximum Gasteiger partial charge on any atom is 0.337 e. The third kappa shape index (κ3) is 5.60. The molecular formula is C25H24N2O5S. The summed E-state index contributed by atoms with van der Waals surface area (Å²) in [5.74, 6) is 1.45. The molecule has 0 aliphatic rings. The van der Waals surface area contributed by atoms with Gasteiger partial charge in [0, 0.05) is 36.0 Å². The number of thiazole rings is 1. The Hall–Kier alpha value is -3.62. The number of benzene rings is 2. The smallest absolute Gasteiger partial charge is 0.337 e. The molecule has 2 aromatic carbocycles. The van der Waals surface area contributed by atoms with Gasteiger partial charge in [-0.25, -0.2) is 9.78 Å². The molecular weight excluding hydrogens is 440 g/mol. The third-order valence-corrected chi connectivity index (χ3v) is 5.60. The zero-order valence-corrected chi connectivity index (χ0v) is 19.3. The molecule has 0 radical (unpaired) electrons. The van der Waals surface area contributed by atoms with Crippen LogP contribution in [0, 0.1) is 0 Å². The van der Waals surface area contributed by atoms with Gasteiger partial charge in [0.1, 0.15) is 28.4 Å². The average molecular weight is 465 g/mol. The van der Waals surface area contributed by atoms with Gasteiger partial charge >= 0.3 is 5.97 Å². The highest BCUT2D eigenvalue weighted by atomic mass is 32.1. The van der Waals surface area contributed by atoms with Crippen molar-refractivity contribution >= 4 is 17.3 Å². The van der Waals surface area contributed by atoms with E-state index in [0.717, 1.165) is 22.0 Å². The van der Waals surface area contributed by atoms with E-state index in [1.807, 2.05) is 42.6 Å². The van der Waals surface area contributed by atoms with E-state index < -0.39 is 5.97 Å². The van der Waals surface area contributed by atoms with Gasteiger partial charge in [-0.3, -0.25) is 0 Å². The van der Waals surface area contributed by atoms with Crippen molar-refractivity contribution in [2.45, 2.75) is 13.0 Å². The Morgan fingerprint density at radius 1 is 1.00 bits per heavy atom. The van der Waals surface area contributed by atoms with Crippen molar-refractivity contribution in [2.75, 3.05) is 20.8 Å². The molecule has 2 aromatic heterocycles. The Kier molecular flexibility index (Phi) is 7.07. The minimum absolute atomic E-state index is 0.132. The lowest BCUT2D eigenvalue weighted by atomic mass is 10.1. The molecule has 8 heteroatoms. The van der Waals surface area contributed by atoms with Gasteiger partial charge in [0.2, 0.25) is 0 Å². The number of H-pyrrole nitrogens is 1.